The van der Waals surface area contributed by atoms with E-state index in [0.29, 0.717) is 6.08 Å². The first-order chi connectivity index (χ1) is 8.99. The van der Waals surface area contributed by atoms with Gasteiger partial charge in [0.25, 0.3) is 0 Å². The third kappa shape index (κ3) is 6.26. The van der Waals surface area contributed by atoms with Crippen molar-refractivity contribution in [1.29, 1.82) is 0 Å². The third-order valence-electron chi connectivity index (χ3n) is 2.62. The Morgan fingerprint density at radius 3 is 2.16 bits per heavy atom. The minimum absolute atomic E-state index is 0.183. The summed E-state index contributed by atoms with van der Waals surface area (Å²) in [6, 6.07) is 0. The summed E-state index contributed by atoms with van der Waals surface area (Å²) in [5, 5.41) is 0. The van der Waals surface area contributed by atoms with Gasteiger partial charge in [-0.3, -0.25) is 0 Å². The van der Waals surface area contributed by atoms with Gasteiger partial charge in [0.05, 0.1) is 0 Å². The molecule has 0 radical (unpaired) electrons. The standard InChI is InChI=1S/C12H15F3O4/c13-11(14)12(15)19-10(17)7-6-9(16)18-8-4-2-1-3-5-8/h6-8,11-12H,1-5H2. The number of ether oxygens (including phenoxy) is 2. The third-order valence-corrected chi connectivity index (χ3v) is 2.62. The van der Waals surface area contributed by atoms with E-state index in [2.05, 4.69) is 4.74 Å². The summed E-state index contributed by atoms with van der Waals surface area (Å²) in [5.41, 5.74) is 0. The predicted octanol–water partition coefficient (Wildman–Crippen LogP) is 2.52. The van der Waals surface area contributed by atoms with Crippen molar-refractivity contribution in [2.24, 2.45) is 0 Å². The quantitative estimate of drug-likeness (QED) is 0.573. The molecular formula is C12H15F3O4. The Morgan fingerprint density at radius 2 is 1.58 bits per heavy atom. The van der Waals surface area contributed by atoms with Crippen LogP contribution in [0.3, 0.4) is 0 Å². The normalized spacial score (nSPS) is 18.5. The van der Waals surface area contributed by atoms with E-state index in [0.717, 1.165) is 38.2 Å². The van der Waals surface area contributed by atoms with Gasteiger partial charge in [-0.2, -0.15) is 4.39 Å². The van der Waals surface area contributed by atoms with Crippen molar-refractivity contribution in [3.8, 4) is 0 Å². The van der Waals surface area contributed by atoms with E-state index in [-0.39, 0.29) is 6.10 Å². The fourth-order valence-corrected chi connectivity index (χ4v) is 1.72. The van der Waals surface area contributed by atoms with Crippen LogP contribution in [0.1, 0.15) is 32.1 Å². The van der Waals surface area contributed by atoms with Crippen LogP contribution in [-0.4, -0.2) is 30.8 Å². The molecule has 1 atom stereocenters. The van der Waals surface area contributed by atoms with E-state index in [4.69, 9.17) is 4.74 Å². The van der Waals surface area contributed by atoms with Crippen molar-refractivity contribution in [2.75, 3.05) is 0 Å². The van der Waals surface area contributed by atoms with Crippen LogP contribution in [0.4, 0.5) is 13.2 Å². The topological polar surface area (TPSA) is 52.6 Å². The van der Waals surface area contributed by atoms with Crippen molar-refractivity contribution in [3.05, 3.63) is 12.2 Å². The van der Waals surface area contributed by atoms with Crippen LogP contribution in [-0.2, 0) is 19.1 Å². The molecule has 0 heterocycles. The molecular weight excluding hydrogens is 265 g/mol. The summed E-state index contributed by atoms with van der Waals surface area (Å²) in [4.78, 5) is 22.1. The lowest BCUT2D eigenvalue weighted by Crippen LogP contribution is -2.21. The molecule has 1 aliphatic rings. The number of hydrogen-bond acceptors (Lipinski definition) is 4. The molecule has 0 aliphatic heterocycles. The highest BCUT2D eigenvalue weighted by atomic mass is 19.3. The van der Waals surface area contributed by atoms with E-state index in [1.807, 2.05) is 0 Å². The van der Waals surface area contributed by atoms with Crippen LogP contribution in [0.15, 0.2) is 12.2 Å². The highest BCUT2D eigenvalue weighted by Crippen LogP contribution is 2.20. The highest BCUT2D eigenvalue weighted by molar-refractivity contribution is 5.91. The van der Waals surface area contributed by atoms with Gasteiger partial charge < -0.3 is 9.47 Å². The fourth-order valence-electron chi connectivity index (χ4n) is 1.72. The van der Waals surface area contributed by atoms with Gasteiger partial charge in [0, 0.05) is 12.2 Å². The summed E-state index contributed by atoms with van der Waals surface area (Å²) in [6.07, 6.45) is -0.695. The minimum atomic E-state index is -3.41. The molecule has 0 saturated heterocycles. The average molecular weight is 280 g/mol. The molecule has 1 unspecified atom stereocenters. The van der Waals surface area contributed by atoms with E-state index in [9.17, 15) is 22.8 Å². The molecule has 4 nitrogen and oxygen atoms in total. The molecule has 0 aromatic carbocycles. The highest BCUT2D eigenvalue weighted by Gasteiger charge is 2.22. The summed E-state index contributed by atoms with van der Waals surface area (Å²) in [7, 11) is 0. The molecule has 0 amide bonds. The SMILES string of the molecule is O=C(C=CC(=O)OC(F)C(F)F)OC1CCCCC1. The molecule has 0 bridgehead atoms. The van der Waals surface area contributed by atoms with E-state index >= 15 is 0 Å². The molecule has 0 aromatic rings. The number of halogens is 3. The van der Waals surface area contributed by atoms with Gasteiger partial charge in [-0.05, 0) is 25.7 Å². The zero-order valence-electron chi connectivity index (χ0n) is 10.2. The minimum Gasteiger partial charge on any atom is -0.459 e. The fraction of sp³-hybridized carbons (Fsp3) is 0.667. The second-order valence-corrected chi connectivity index (χ2v) is 4.15. The lowest BCUT2D eigenvalue weighted by Gasteiger charge is -2.20. The lowest BCUT2D eigenvalue weighted by atomic mass is 9.98. The summed E-state index contributed by atoms with van der Waals surface area (Å²) in [5.74, 6) is -2.12. The van der Waals surface area contributed by atoms with Crippen molar-refractivity contribution >= 4 is 11.9 Å². The maximum absolute atomic E-state index is 12.3. The molecule has 0 spiro atoms. The smallest absolute Gasteiger partial charge is 0.333 e. The van der Waals surface area contributed by atoms with Crippen molar-refractivity contribution in [3.63, 3.8) is 0 Å². The zero-order chi connectivity index (χ0) is 14.3. The monoisotopic (exact) mass is 280 g/mol. The molecule has 1 aliphatic carbocycles. The molecule has 1 rings (SSSR count). The maximum Gasteiger partial charge on any atom is 0.333 e. The Bertz CT molecular complexity index is 338. The molecule has 0 aromatic heterocycles. The van der Waals surface area contributed by atoms with Crippen LogP contribution in [0, 0.1) is 0 Å². The van der Waals surface area contributed by atoms with Crippen molar-refractivity contribution in [1.82, 2.24) is 0 Å². The number of carbonyl (C=O) groups excluding carboxylic acids is 2. The second-order valence-electron chi connectivity index (χ2n) is 4.15. The number of rotatable bonds is 5. The van der Waals surface area contributed by atoms with Gasteiger partial charge in [0.15, 0.2) is 0 Å². The first-order valence-electron chi connectivity index (χ1n) is 6.00. The summed E-state index contributed by atoms with van der Waals surface area (Å²) in [6.45, 7) is 0. The summed E-state index contributed by atoms with van der Waals surface area (Å²) >= 11 is 0. The van der Waals surface area contributed by atoms with Gasteiger partial charge in [0.2, 0.25) is 0 Å². The molecule has 0 N–H and O–H groups in total. The molecule has 1 saturated carbocycles. The van der Waals surface area contributed by atoms with Gasteiger partial charge in [-0.25, -0.2) is 18.4 Å². The van der Waals surface area contributed by atoms with Crippen LogP contribution in [0.5, 0.6) is 0 Å². The maximum atomic E-state index is 12.3. The van der Waals surface area contributed by atoms with E-state index in [1.54, 1.807) is 0 Å². The van der Waals surface area contributed by atoms with E-state index in [1.165, 1.54) is 0 Å². The summed E-state index contributed by atoms with van der Waals surface area (Å²) < 4.78 is 44.5. The first-order valence-corrected chi connectivity index (χ1v) is 6.00. The van der Waals surface area contributed by atoms with Gasteiger partial charge in [-0.1, -0.05) is 6.42 Å². The number of carbonyl (C=O) groups is 2. The number of hydrogen-bond donors (Lipinski definition) is 0. The van der Waals surface area contributed by atoms with Crippen LogP contribution in [0.25, 0.3) is 0 Å². The molecule has 19 heavy (non-hydrogen) atoms. The average Bonchev–Trinajstić information content (AvgIpc) is 2.37. The van der Waals surface area contributed by atoms with Crippen LogP contribution < -0.4 is 0 Å². The Balaban J connectivity index is 2.30. The number of alkyl halides is 3. The molecule has 1 fully saturated rings. The molecule has 108 valence electrons. The second kappa shape index (κ2) is 7.81. The Morgan fingerprint density at radius 1 is 1.00 bits per heavy atom. The van der Waals surface area contributed by atoms with Gasteiger partial charge in [-0.15, -0.1) is 0 Å². The largest absolute Gasteiger partial charge is 0.459 e. The van der Waals surface area contributed by atoms with Crippen molar-refractivity contribution < 1.29 is 32.2 Å². The Kier molecular flexibility index (Phi) is 6.38. The van der Waals surface area contributed by atoms with E-state index < -0.39 is 24.7 Å². The van der Waals surface area contributed by atoms with Crippen LogP contribution in [0.2, 0.25) is 0 Å². The number of esters is 2. The Labute approximate surface area is 108 Å². The van der Waals surface area contributed by atoms with Gasteiger partial charge in [0.1, 0.15) is 6.10 Å². The predicted molar refractivity (Wildman–Crippen MR) is 59.1 cm³/mol. The van der Waals surface area contributed by atoms with Crippen LogP contribution >= 0.6 is 0 Å². The van der Waals surface area contributed by atoms with Crippen molar-refractivity contribution in [2.45, 2.75) is 51.0 Å². The zero-order valence-corrected chi connectivity index (χ0v) is 10.2. The molecule has 7 heteroatoms. The Hall–Kier alpha value is -1.53. The lowest BCUT2D eigenvalue weighted by molar-refractivity contribution is -0.168. The first kappa shape index (κ1) is 15.5. The van der Waals surface area contributed by atoms with Gasteiger partial charge >= 0.3 is 24.7 Å².